The topological polar surface area (TPSA) is 9.86 Å². The number of hydrogen-bond donors (Lipinski definition) is 0. The summed E-state index contributed by atoms with van der Waals surface area (Å²) in [6, 6.07) is 61.7. The van der Waals surface area contributed by atoms with E-state index in [1.165, 1.54) is 88.4 Å². The average molecular weight is 685 g/mol. The normalized spacial score (nSPS) is 12.1. The number of aromatic nitrogens is 2. The maximum Gasteiger partial charge on any atom is 0.0541 e. The Morgan fingerprint density at radius 2 is 0.906 bits per heavy atom. The van der Waals surface area contributed by atoms with E-state index in [-0.39, 0.29) is 0 Å². The van der Waals surface area contributed by atoms with E-state index in [0.717, 1.165) is 6.42 Å². The van der Waals surface area contributed by atoms with Crippen molar-refractivity contribution in [1.82, 2.24) is 9.13 Å². The van der Waals surface area contributed by atoms with Gasteiger partial charge in [0, 0.05) is 32.9 Å². The van der Waals surface area contributed by atoms with E-state index in [9.17, 15) is 0 Å². The Labute approximate surface area is 312 Å². The van der Waals surface area contributed by atoms with Gasteiger partial charge >= 0.3 is 0 Å². The molecule has 2 heterocycles. The summed E-state index contributed by atoms with van der Waals surface area (Å²) in [6.07, 6.45) is 5.49. The molecule has 0 aliphatic heterocycles. The molecule has 0 saturated heterocycles. The van der Waals surface area contributed by atoms with Crippen LogP contribution in [0.1, 0.15) is 45.2 Å². The number of rotatable bonds is 7. The lowest BCUT2D eigenvalue weighted by Gasteiger charge is -2.12. The highest BCUT2D eigenvalue weighted by molar-refractivity contribution is 6.12. The van der Waals surface area contributed by atoms with Gasteiger partial charge in [-0.3, -0.25) is 0 Å². The second-order valence-corrected chi connectivity index (χ2v) is 13.3. The van der Waals surface area contributed by atoms with Crippen LogP contribution in [0, 0.1) is 0 Å². The van der Waals surface area contributed by atoms with Crippen molar-refractivity contribution >= 4 is 54.8 Å². The largest absolute Gasteiger partial charge is 0.309 e. The maximum atomic E-state index is 2.42. The van der Waals surface area contributed by atoms with Gasteiger partial charge < -0.3 is 9.13 Å². The molecule has 2 aromatic heterocycles. The minimum atomic E-state index is 0.951. The molecule has 2 heteroatoms. The fourth-order valence-electron chi connectivity index (χ4n) is 7.72. The molecular weight excluding hydrogens is 641 g/mol. The fourth-order valence-corrected chi connectivity index (χ4v) is 7.72. The zero-order chi connectivity index (χ0) is 36.3. The highest BCUT2D eigenvalue weighted by Crippen LogP contribution is 2.38. The van der Waals surface area contributed by atoms with Crippen LogP contribution in [-0.2, 0) is 0 Å². The molecular formula is C51H44N2. The van der Waals surface area contributed by atoms with Crippen molar-refractivity contribution in [3.05, 3.63) is 193 Å². The zero-order valence-electron chi connectivity index (χ0n) is 30.9. The SMILES string of the molecule is CC.CC/C(=C\C=C(/C)c1ccccc1)c1cccc(-n2c3ccccc3c3cc(-c4ccc5c(c4)c4ccccc4n5-c4ccccc4)ccc32)c1. The first-order valence-electron chi connectivity index (χ1n) is 18.8. The zero-order valence-corrected chi connectivity index (χ0v) is 30.9. The summed E-state index contributed by atoms with van der Waals surface area (Å²) in [4.78, 5) is 0. The number of allylic oxidation sites excluding steroid dienone is 4. The molecule has 258 valence electrons. The minimum Gasteiger partial charge on any atom is -0.309 e. The molecule has 0 spiro atoms. The third-order valence-electron chi connectivity index (χ3n) is 10.3. The van der Waals surface area contributed by atoms with Gasteiger partial charge in [-0.05, 0) is 107 Å². The summed E-state index contributed by atoms with van der Waals surface area (Å²) in [5, 5.41) is 5.05. The summed E-state index contributed by atoms with van der Waals surface area (Å²) in [5.41, 5.74) is 14.7. The number of nitrogens with zero attached hydrogens (tertiary/aromatic N) is 2. The molecule has 0 unspecified atom stereocenters. The van der Waals surface area contributed by atoms with Gasteiger partial charge in [0.15, 0.2) is 0 Å². The van der Waals surface area contributed by atoms with Crippen LogP contribution < -0.4 is 0 Å². The van der Waals surface area contributed by atoms with Gasteiger partial charge in [0.2, 0.25) is 0 Å². The van der Waals surface area contributed by atoms with E-state index in [1.807, 2.05) is 13.8 Å². The molecule has 0 fully saturated rings. The van der Waals surface area contributed by atoms with E-state index < -0.39 is 0 Å². The summed E-state index contributed by atoms with van der Waals surface area (Å²) in [7, 11) is 0. The van der Waals surface area contributed by atoms with Gasteiger partial charge in [0.25, 0.3) is 0 Å². The van der Waals surface area contributed by atoms with Gasteiger partial charge in [-0.2, -0.15) is 0 Å². The second kappa shape index (κ2) is 14.7. The first kappa shape index (κ1) is 33.7. The van der Waals surface area contributed by atoms with E-state index in [4.69, 9.17) is 0 Å². The van der Waals surface area contributed by atoms with Crippen LogP contribution in [0.5, 0.6) is 0 Å². The predicted molar refractivity (Wildman–Crippen MR) is 230 cm³/mol. The first-order valence-corrected chi connectivity index (χ1v) is 18.8. The number of para-hydroxylation sites is 3. The molecule has 0 bridgehead atoms. The smallest absolute Gasteiger partial charge is 0.0541 e. The van der Waals surface area contributed by atoms with Crippen molar-refractivity contribution in [3.63, 3.8) is 0 Å². The van der Waals surface area contributed by atoms with Crippen molar-refractivity contribution in [2.24, 2.45) is 0 Å². The molecule has 0 aliphatic rings. The third kappa shape index (κ3) is 6.17. The molecule has 53 heavy (non-hydrogen) atoms. The quantitative estimate of drug-likeness (QED) is 0.148. The molecule has 0 N–H and O–H groups in total. The van der Waals surface area contributed by atoms with E-state index in [2.05, 4.69) is 205 Å². The molecule has 7 aromatic carbocycles. The summed E-state index contributed by atoms with van der Waals surface area (Å²) in [6.45, 7) is 8.42. The van der Waals surface area contributed by atoms with Crippen LogP contribution in [-0.4, -0.2) is 9.13 Å². The van der Waals surface area contributed by atoms with Crippen molar-refractivity contribution in [3.8, 4) is 22.5 Å². The highest BCUT2D eigenvalue weighted by atomic mass is 15.0. The van der Waals surface area contributed by atoms with E-state index in [0.29, 0.717) is 0 Å². The van der Waals surface area contributed by atoms with Gasteiger partial charge in [-0.1, -0.05) is 142 Å². The summed E-state index contributed by atoms with van der Waals surface area (Å²) >= 11 is 0. The van der Waals surface area contributed by atoms with Gasteiger partial charge in [-0.15, -0.1) is 0 Å². The molecule has 2 nitrogen and oxygen atoms in total. The standard InChI is InChI=1S/C49H38N2.C2H6/c1-3-35(26-25-34(2)36-15-6-4-7-16-36)37-17-14-20-41(31-37)51-47-24-13-11-22-43(47)45-33-39(28-30-49(45)51)38-27-29-48-44(32-38)42-21-10-12-23-46(42)50(48)40-18-8-5-9-19-40;1-2/h4-33H,3H2,1-2H3;1-2H3/b34-25+,35-26+;. The van der Waals surface area contributed by atoms with Gasteiger partial charge in [0.05, 0.1) is 22.1 Å². The second-order valence-electron chi connectivity index (χ2n) is 13.3. The number of hydrogen-bond acceptors (Lipinski definition) is 0. The Morgan fingerprint density at radius 1 is 0.434 bits per heavy atom. The maximum absolute atomic E-state index is 2.42. The van der Waals surface area contributed by atoms with Crippen LogP contribution in [0.15, 0.2) is 182 Å². The van der Waals surface area contributed by atoms with Crippen LogP contribution in [0.3, 0.4) is 0 Å². The Morgan fingerprint density at radius 3 is 1.49 bits per heavy atom. The number of fused-ring (bicyclic) bond motifs is 6. The monoisotopic (exact) mass is 684 g/mol. The molecule has 0 saturated carbocycles. The van der Waals surface area contributed by atoms with Crippen LogP contribution in [0.25, 0.3) is 77.3 Å². The van der Waals surface area contributed by atoms with Crippen LogP contribution in [0.4, 0.5) is 0 Å². The van der Waals surface area contributed by atoms with Crippen molar-refractivity contribution in [2.75, 3.05) is 0 Å². The molecule has 9 aromatic rings. The molecule has 0 radical (unpaired) electrons. The third-order valence-corrected chi connectivity index (χ3v) is 10.3. The lowest BCUT2D eigenvalue weighted by molar-refractivity contribution is 1.17. The van der Waals surface area contributed by atoms with Crippen LogP contribution in [0.2, 0.25) is 0 Å². The Hall–Kier alpha value is -6.38. The van der Waals surface area contributed by atoms with E-state index in [1.54, 1.807) is 0 Å². The lowest BCUT2D eigenvalue weighted by atomic mass is 10.00. The highest BCUT2D eigenvalue weighted by Gasteiger charge is 2.16. The molecule has 0 aliphatic carbocycles. The van der Waals surface area contributed by atoms with Crippen molar-refractivity contribution < 1.29 is 0 Å². The Kier molecular flexibility index (Phi) is 9.36. The Bertz CT molecular complexity index is 2770. The fraction of sp³-hybridized carbons (Fsp3) is 0.0980. The lowest BCUT2D eigenvalue weighted by Crippen LogP contribution is -1.95. The van der Waals surface area contributed by atoms with Gasteiger partial charge in [-0.25, -0.2) is 0 Å². The summed E-state index contributed by atoms with van der Waals surface area (Å²) in [5.74, 6) is 0. The van der Waals surface area contributed by atoms with Crippen LogP contribution >= 0.6 is 0 Å². The minimum absolute atomic E-state index is 0.951. The summed E-state index contributed by atoms with van der Waals surface area (Å²) < 4.78 is 4.80. The van der Waals surface area contributed by atoms with E-state index >= 15 is 0 Å². The first-order chi connectivity index (χ1) is 26.2. The average Bonchev–Trinajstić information content (AvgIpc) is 3.75. The Balaban J connectivity index is 0.00000197. The van der Waals surface area contributed by atoms with Crippen molar-refractivity contribution in [2.45, 2.75) is 34.1 Å². The molecule has 0 atom stereocenters. The predicted octanol–water partition coefficient (Wildman–Crippen LogP) is 14.5. The van der Waals surface area contributed by atoms with Gasteiger partial charge in [0.1, 0.15) is 0 Å². The van der Waals surface area contributed by atoms with Crippen molar-refractivity contribution in [1.29, 1.82) is 0 Å². The molecule has 0 amide bonds. The number of benzene rings is 7. The molecule has 9 rings (SSSR count).